The molecule has 0 atom stereocenters. The molecule has 0 radical (unpaired) electrons. The number of hydrogen-bond donors (Lipinski definition) is 1. The van der Waals surface area contributed by atoms with Crippen molar-refractivity contribution in [3.05, 3.63) is 0 Å². The average Bonchev–Trinajstić information content (AvgIpc) is 2.26. The van der Waals surface area contributed by atoms with Crippen molar-refractivity contribution >= 4 is 0 Å². The molecule has 2 N–H and O–H groups in total. The Labute approximate surface area is 101 Å². The number of likely N-dealkylation sites (tertiary alicyclic amines) is 1. The molecule has 96 valence electrons. The third-order valence-corrected chi connectivity index (χ3v) is 3.51. The van der Waals surface area contributed by atoms with Crippen molar-refractivity contribution in [2.75, 3.05) is 46.8 Å². The van der Waals surface area contributed by atoms with E-state index in [-0.39, 0.29) is 0 Å². The molecule has 0 saturated carbocycles. The molecule has 0 aliphatic carbocycles. The minimum absolute atomic E-state index is 0.852. The van der Waals surface area contributed by atoms with Crippen LogP contribution in [0.15, 0.2) is 0 Å². The molecule has 3 nitrogen and oxygen atoms in total. The Morgan fingerprint density at radius 1 is 1.12 bits per heavy atom. The van der Waals surface area contributed by atoms with E-state index in [0.29, 0.717) is 0 Å². The highest BCUT2D eigenvalue weighted by atomic mass is 15.1. The summed E-state index contributed by atoms with van der Waals surface area (Å²) in [5.74, 6) is 0.926. The summed E-state index contributed by atoms with van der Waals surface area (Å²) in [4.78, 5) is 4.95. The van der Waals surface area contributed by atoms with Crippen LogP contribution in [0.3, 0.4) is 0 Å². The van der Waals surface area contributed by atoms with E-state index in [1.165, 1.54) is 58.3 Å². The molecular weight excluding hydrogens is 198 g/mol. The molecule has 0 amide bonds. The van der Waals surface area contributed by atoms with E-state index in [0.717, 1.165) is 12.5 Å². The molecule has 0 spiro atoms. The van der Waals surface area contributed by atoms with Crippen molar-refractivity contribution in [3.8, 4) is 0 Å². The first-order valence-corrected chi connectivity index (χ1v) is 6.79. The van der Waals surface area contributed by atoms with Gasteiger partial charge in [0.05, 0.1) is 0 Å². The van der Waals surface area contributed by atoms with Gasteiger partial charge in [-0.3, -0.25) is 0 Å². The number of nitrogens with two attached hydrogens (primary N) is 1. The lowest BCUT2D eigenvalue weighted by Crippen LogP contribution is -2.37. The summed E-state index contributed by atoms with van der Waals surface area (Å²) < 4.78 is 0. The molecule has 1 aliphatic heterocycles. The van der Waals surface area contributed by atoms with Crippen molar-refractivity contribution < 1.29 is 0 Å². The first-order chi connectivity index (χ1) is 7.72. The quantitative estimate of drug-likeness (QED) is 0.667. The first kappa shape index (κ1) is 13.9. The predicted molar refractivity (Wildman–Crippen MR) is 70.6 cm³/mol. The molecule has 3 heteroatoms. The Bertz CT molecular complexity index is 163. The molecule has 0 aromatic heterocycles. The van der Waals surface area contributed by atoms with Crippen LogP contribution < -0.4 is 5.73 Å². The lowest BCUT2D eigenvalue weighted by Gasteiger charge is -2.33. The minimum atomic E-state index is 0.852. The van der Waals surface area contributed by atoms with Gasteiger partial charge in [0.1, 0.15) is 0 Å². The Morgan fingerprint density at radius 3 is 2.38 bits per heavy atom. The fourth-order valence-electron chi connectivity index (χ4n) is 2.57. The zero-order chi connectivity index (χ0) is 11.8. The maximum Gasteiger partial charge on any atom is 0.000451 e. The molecule has 1 fully saturated rings. The van der Waals surface area contributed by atoms with E-state index in [9.17, 15) is 0 Å². The number of nitrogens with zero attached hydrogens (tertiary/aromatic N) is 2. The molecule has 16 heavy (non-hydrogen) atoms. The summed E-state index contributed by atoms with van der Waals surface area (Å²) in [6.07, 6.45) is 6.59. The zero-order valence-corrected chi connectivity index (χ0v) is 11.1. The highest BCUT2D eigenvalue weighted by molar-refractivity contribution is 4.73. The van der Waals surface area contributed by atoms with Gasteiger partial charge in [0, 0.05) is 6.54 Å². The molecule has 0 aromatic carbocycles. The van der Waals surface area contributed by atoms with E-state index in [1.54, 1.807) is 0 Å². The molecule has 0 bridgehead atoms. The smallest absolute Gasteiger partial charge is 0.000451 e. The summed E-state index contributed by atoms with van der Waals surface area (Å²) in [7, 11) is 4.36. The van der Waals surface area contributed by atoms with Crippen molar-refractivity contribution in [1.29, 1.82) is 0 Å². The van der Waals surface area contributed by atoms with E-state index >= 15 is 0 Å². The maximum atomic E-state index is 5.49. The van der Waals surface area contributed by atoms with Gasteiger partial charge in [-0.15, -0.1) is 0 Å². The van der Waals surface area contributed by atoms with Gasteiger partial charge < -0.3 is 15.5 Å². The lowest BCUT2D eigenvalue weighted by atomic mass is 9.96. The predicted octanol–water partition coefficient (Wildman–Crippen LogP) is 1.39. The highest BCUT2D eigenvalue weighted by Gasteiger charge is 2.18. The van der Waals surface area contributed by atoms with Crippen LogP contribution in [0, 0.1) is 5.92 Å². The summed E-state index contributed by atoms with van der Waals surface area (Å²) >= 11 is 0. The van der Waals surface area contributed by atoms with Gasteiger partial charge in [0.15, 0.2) is 0 Å². The van der Waals surface area contributed by atoms with Gasteiger partial charge in [-0.1, -0.05) is 6.42 Å². The lowest BCUT2D eigenvalue weighted by molar-refractivity contribution is 0.160. The minimum Gasteiger partial charge on any atom is -0.330 e. The van der Waals surface area contributed by atoms with Crippen LogP contribution in [0.5, 0.6) is 0 Å². The monoisotopic (exact) mass is 227 g/mol. The van der Waals surface area contributed by atoms with Gasteiger partial charge in [0.2, 0.25) is 0 Å². The average molecular weight is 227 g/mol. The molecular formula is C13H29N3. The van der Waals surface area contributed by atoms with Crippen LogP contribution in [0.1, 0.15) is 32.1 Å². The van der Waals surface area contributed by atoms with Gasteiger partial charge in [-0.25, -0.2) is 0 Å². The van der Waals surface area contributed by atoms with E-state index in [4.69, 9.17) is 5.73 Å². The fraction of sp³-hybridized carbons (Fsp3) is 1.00. The van der Waals surface area contributed by atoms with Crippen LogP contribution in [0.2, 0.25) is 0 Å². The highest BCUT2D eigenvalue weighted by Crippen LogP contribution is 2.17. The second kappa shape index (κ2) is 8.04. The topological polar surface area (TPSA) is 32.5 Å². The van der Waals surface area contributed by atoms with E-state index in [2.05, 4.69) is 23.9 Å². The van der Waals surface area contributed by atoms with Crippen molar-refractivity contribution in [1.82, 2.24) is 9.80 Å². The van der Waals surface area contributed by atoms with Crippen LogP contribution in [-0.2, 0) is 0 Å². The second-order valence-electron chi connectivity index (χ2n) is 5.40. The molecule has 0 aromatic rings. The summed E-state index contributed by atoms with van der Waals surface area (Å²) in [6, 6.07) is 0. The maximum absolute atomic E-state index is 5.49. The second-order valence-corrected chi connectivity index (χ2v) is 5.40. The zero-order valence-electron chi connectivity index (χ0n) is 11.1. The molecule has 0 unspecified atom stereocenters. The Morgan fingerprint density at radius 2 is 1.81 bits per heavy atom. The van der Waals surface area contributed by atoms with Crippen LogP contribution in [-0.4, -0.2) is 56.6 Å². The van der Waals surface area contributed by atoms with Crippen LogP contribution >= 0.6 is 0 Å². The Hall–Kier alpha value is -0.120. The summed E-state index contributed by atoms with van der Waals surface area (Å²) in [5, 5.41) is 0. The molecule has 1 heterocycles. The number of unbranched alkanes of at least 4 members (excludes halogenated alkanes) is 2. The normalized spacial score (nSPS) is 19.5. The van der Waals surface area contributed by atoms with Gasteiger partial charge in [-0.2, -0.15) is 0 Å². The van der Waals surface area contributed by atoms with Crippen LogP contribution in [0.25, 0.3) is 0 Å². The third kappa shape index (κ3) is 5.83. The molecule has 1 aliphatic rings. The van der Waals surface area contributed by atoms with Gasteiger partial charge >= 0.3 is 0 Å². The third-order valence-electron chi connectivity index (χ3n) is 3.51. The fourth-order valence-corrected chi connectivity index (χ4v) is 2.57. The first-order valence-electron chi connectivity index (χ1n) is 6.79. The van der Waals surface area contributed by atoms with Gasteiger partial charge in [-0.05, 0) is 71.9 Å². The van der Waals surface area contributed by atoms with Gasteiger partial charge in [0.25, 0.3) is 0 Å². The van der Waals surface area contributed by atoms with Crippen molar-refractivity contribution in [3.63, 3.8) is 0 Å². The van der Waals surface area contributed by atoms with Crippen molar-refractivity contribution in [2.45, 2.75) is 32.1 Å². The largest absolute Gasteiger partial charge is 0.330 e. The van der Waals surface area contributed by atoms with E-state index < -0.39 is 0 Å². The van der Waals surface area contributed by atoms with Crippen LogP contribution in [0.4, 0.5) is 0 Å². The summed E-state index contributed by atoms with van der Waals surface area (Å²) in [6.45, 7) is 6.02. The molecule has 1 rings (SSSR count). The number of hydrogen-bond acceptors (Lipinski definition) is 3. The standard InChI is InChI=1S/C13H29N3/c1-15(2)12-13-6-10-16(11-7-13)9-5-3-4-8-14/h13H,3-12,14H2,1-2H3. The SMILES string of the molecule is CN(C)CC1CCN(CCCCCN)CC1. The van der Waals surface area contributed by atoms with E-state index in [1.807, 2.05) is 0 Å². The van der Waals surface area contributed by atoms with Crippen molar-refractivity contribution in [2.24, 2.45) is 11.7 Å². The summed E-state index contributed by atoms with van der Waals surface area (Å²) in [5.41, 5.74) is 5.49. The molecule has 1 saturated heterocycles. The Balaban J connectivity index is 2.03. The number of piperidine rings is 1. The Kier molecular flexibility index (Phi) is 7.01. The number of rotatable bonds is 7.